The summed E-state index contributed by atoms with van der Waals surface area (Å²) in [5, 5.41) is 3.25. The highest BCUT2D eigenvalue weighted by Crippen LogP contribution is 2.27. The van der Waals surface area contributed by atoms with Crippen molar-refractivity contribution in [3.8, 4) is 5.75 Å². The number of hydrogen-bond donors (Lipinski definition) is 3. The molecule has 1 rings (SSSR count). The number of nitrogens with two attached hydrogens (primary N) is 1. The summed E-state index contributed by atoms with van der Waals surface area (Å²) >= 11 is 1.90. The molecule has 4 N–H and O–H groups in total. The van der Waals surface area contributed by atoms with Crippen LogP contribution < -0.4 is 21.3 Å². The minimum atomic E-state index is 0.486. The molecule has 0 unspecified atom stereocenters. The highest BCUT2D eigenvalue weighted by Gasteiger charge is 2.10. The van der Waals surface area contributed by atoms with Gasteiger partial charge in [0.1, 0.15) is 6.33 Å². The number of hydrazine groups is 1. The smallest absolute Gasteiger partial charge is 0.205 e. The second kappa shape index (κ2) is 9.69. The van der Waals surface area contributed by atoms with E-state index in [-0.39, 0.29) is 0 Å². The Morgan fingerprint density at radius 3 is 2.63 bits per heavy atom. The van der Waals surface area contributed by atoms with Crippen LogP contribution in [0.3, 0.4) is 0 Å². The largest absolute Gasteiger partial charge is 0.490 e. The van der Waals surface area contributed by atoms with E-state index in [1.165, 1.54) is 31.3 Å². The highest BCUT2D eigenvalue weighted by atomic mass is 32.2. The maximum atomic E-state index is 5.37. The number of ether oxygens (including phenoxy) is 1. The number of nitrogen functional groups attached to an aromatic ring is 1. The van der Waals surface area contributed by atoms with Crippen LogP contribution in [0.2, 0.25) is 0 Å². The Hall–Kier alpha value is -1.21. The molecule has 0 aromatic carbocycles. The van der Waals surface area contributed by atoms with Crippen LogP contribution in [0.1, 0.15) is 25.7 Å². The van der Waals surface area contributed by atoms with E-state index in [2.05, 4.69) is 27.0 Å². The summed E-state index contributed by atoms with van der Waals surface area (Å²) in [6.45, 7) is 0.872. The normalized spacial score (nSPS) is 10.3. The van der Waals surface area contributed by atoms with Gasteiger partial charge in [0.2, 0.25) is 5.75 Å². The van der Waals surface area contributed by atoms with Crippen LogP contribution in [0, 0.1) is 0 Å². The molecule has 0 bridgehead atoms. The highest BCUT2D eigenvalue weighted by molar-refractivity contribution is 7.98. The van der Waals surface area contributed by atoms with Gasteiger partial charge in [0, 0.05) is 6.54 Å². The minimum Gasteiger partial charge on any atom is -0.490 e. The van der Waals surface area contributed by atoms with E-state index in [1.807, 2.05) is 11.8 Å². The lowest BCUT2D eigenvalue weighted by Gasteiger charge is -2.12. The van der Waals surface area contributed by atoms with Crippen LogP contribution in [0.5, 0.6) is 5.75 Å². The van der Waals surface area contributed by atoms with Crippen molar-refractivity contribution >= 4 is 23.4 Å². The molecule has 0 saturated carbocycles. The van der Waals surface area contributed by atoms with Gasteiger partial charge < -0.3 is 15.5 Å². The number of thioether (sulfide) groups is 1. The first-order chi connectivity index (χ1) is 9.33. The van der Waals surface area contributed by atoms with Crippen molar-refractivity contribution in [3.63, 3.8) is 0 Å². The molecule has 108 valence electrons. The molecule has 6 nitrogen and oxygen atoms in total. The van der Waals surface area contributed by atoms with Crippen LogP contribution in [0.25, 0.3) is 0 Å². The topological polar surface area (TPSA) is 85.1 Å². The lowest BCUT2D eigenvalue weighted by molar-refractivity contribution is 0.414. The predicted molar refractivity (Wildman–Crippen MR) is 81.7 cm³/mol. The average Bonchev–Trinajstić information content (AvgIpc) is 2.45. The number of aromatic nitrogens is 2. The fourth-order valence-electron chi connectivity index (χ4n) is 1.73. The number of unbranched alkanes of at least 4 members (excludes halogenated alkanes) is 3. The van der Waals surface area contributed by atoms with Crippen LogP contribution in [0.4, 0.5) is 11.6 Å². The van der Waals surface area contributed by atoms with Gasteiger partial charge in [0.05, 0.1) is 7.11 Å². The summed E-state index contributed by atoms with van der Waals surface area (Å²) in [7, 11) is 1.58. The number of methoxy groups -OCH3 is 1. The quantitative estimate of drug-likeness (QED) is 0.345. The minimum absolute atomic E-state index is 0.486. The zero-order valence-corrected chi connectivity index (χ0v) is 12.4. The van der Waals surface area contributed by atoms with Crippen LogP contribution in [-0.4, -0.2) is 35.6 Å². The number of nitrogens with one attached hydrogen (secondary N) is 2. The molecule has 7 heteroatoms. The second-order valence-corrected chi connectivity index (χ2v) is 5.07. The molecule has 1 heterocycles. The molecule has 1 aromatic rings. The summed E-state index contributed by atoms with van der Waals surface area (Å²) in [5.74, 6) is 8.33. The summed E-state index contributed by atoms with van der Waals surface area (Å²) in [5.41, 5.74) is 2.49. The van der Waals surface area contributed by atoms with Crippen LogP contribution in [-0.2, 0) is 0 Å². The fourth-order valence-corrected chi connectivity index (χ4v) is 2.22. The molecule has 0 radical (unpaired) electrons. The number of anilines is 2. The molecule has 0 saturated heterocycles. The van der Waals surface area contributed by atoms with Gasteiger partial charge >= 0.3 is 0 Å². The third kappa shape index (κ3) is 5.52. The molecule has 0 aliphatic heterocycles. The van der Waals surface area contributed by atoms with Gasteiger partial charge in [-0.15, -0.1) is 0 Å². The molecule has 0 fully saturated rings. The van der Waals surface area contributed by atoms with Crippen LogP contribution >= 0.6 is 11.8 Å². The van der Waals surface area contributed by atoms with Gasteiger partial charge in [-0.05, 0) is 24.9 Å². The summed E-state index contributed by atoms with van der Waals surface area (Å²) in [6.07, 6.45) is 8.51. The van der Waals surface area contributed by atoms with Crippen molar-refractivity contribution < 1.29 is 4.74 Å². The van der Waals surface area contributed by atoms with Crippen molar-refractivity contribution in [1.29, 1.82) is 0 Å². The predicted octanol–water partition coefficient (Wildman–Crippen LogP) is 2.11. The molecule has 0 aliphatic rings. The molecular formula is C12H23N5OS. The average molecular weight is 285 g/mol. The van der Waals surface area contributed by atoms with E-state index in [9.17, 15) is 0 Å². The van der Waals surface area contributed by atoms with Crippen molar-refractivity contribution in [1.82, 2.24) is 9.97 Å². The molecule has 19 heavy (non-hydrogen) atoms. The van der Waals surface area contributed by atoms with E-state index in [1.54, 1.807) is 7.11 Å². The molecule has 0 atom stereocenters. The third-order valence-corrected chi connectivity index (χ3v) is 3.41. The zero-order valence-electron chi connectivity index (χ0n) is 11.6. The Morgan fingerprint density at radius 2 is 1.95 bits per heavy atom. The molecule has 0 amide bonds. The first-order valence-corrected chi connectivity index (χ1v) is 7.81. The Balaban J connectivity index is 2.33. The van der Waals surface area contributed by atoms with E-state index >= 15 is 0 Å². The Kier molecular flexibility index (Phi) is 8.08. The van der Waals surface area contributed by atoms with Gasteiger partial charge in [0.25, 0.3) is 0 Å². The van der Waals surface area contributed by atoms with E-state index < -0.39 is 0 Å². The lowest BCUT2D eigenvalue weighted by atomic mass is 10.2. The van der Waals surface area contributed by atoms with Crippen LogP contribution in [0.15, 0.2) is 6.33 Å². The van der Waals surface area contributed by atoms with E-state index in [4.69, 9.17) is 10.6 Å². The summed E-state index contributed by atoms with van der Waals surface area (Å²) in [6, 6.07) is 0. The van der Waals surface area contributed by atoms with Crippen molar-refractivity contribution in [3.05, 3.63) is 6.33 Å². The van der Waals surface area contributed by atoms with Gasteiger partial charge in [-0.25, -0.2) is 15.8 Å². The Morgan fingerprint density at radius 1 is 1.21 bits per heavy atom. The van der Waals surface area contributed by atoms with Crippen molar-refractivity contribution in [2.45, 2.75) is 25.7 Å². The SMILES string of the molecule is COc1c(NN)ncnc1NCCCCCCSC. The molecular weight excluding hydrogens is 262 g/mol. The van der Waals surface area contributed by atoms with Gasteiger partial charge in [0.15, 0.2) is 11.6 Å². The maximum absolute atomic E-state index is 5.37. The summed E-state index contributed by atoms with van der Waals surface area (Å²) < 4.78 is 5.24. The first-order valence-electron chi connectivity index (χ1n) is 6.42. The van der Waals surface area contributed by atoms with Gasteiger partial charge in [-0.2, -0.15) is 11.8 Å². The molecule has 1 aromatic heterocycles. The number of nitrogens with zero attached hydrogens (tertiary/aromatic N) is 2. The molecule has 0 spiro atoms. The second-order valence-electron chi connectivity index (χ2n) is 4.08. The monoisotopic (exact) mass is 285 g/mol. The van der Waals surface area contributed by atoms with Gasteiger partial charge in [-0.3, -0.25) is 0 Å². The number of hydrogen-bond acceptors (Lipinski definition) is 7. The van der Waals surface area contributed by atoms with Crippen molar-refractivity contribution in [2.24, 2.45) is 5.84 Å². The maximum Gasteiger partial charge on any atom is 0.205 e. The zero-order chi connectivity index (χ0) is 13.9. The fraction of sp³-hybridized carbons (Fsp3) is 0.667. The lowest BCUT2D eigenvalue weighted by Crippen LogP contribution is -2.13. The van der Waals surface area contributed by atoms with Crippen molar-refractivity contribution in [2.75, 3.05) is 36.4 Å². The van der Waals surface area contributed by atoms with E-state index in [0.717, 1.165) is 13.0 Å². The third-order valence-electron chi connectivity index (χ3n) is 2.71. The Labute approximate surface area is 118 Å². The van der Waals surface area contributed by atoms with Gasteiger partial charge in [-0.1, -0.05) is 12.8 Å². The Bertz CT molecular complexity index is 364. The molecule has 0 aliphatic carbocycles. The standard InChI is InChI=1S/C12H23N5OS/c1-18-10-11(15-9-16-12(10)17-13)14-7-5-3-4-6-8-19-2/h9H,3-8,13H2,1-2H3,(H2,14,15,16,17). The van der Waals surface area contributed by atoms with E-state index in [0.29, 0.717) is 17.4 Å². The summed E-state index contributed by atoms with van der Waals surface area (Å²) in [4.78, 5) is 8.15. The number of rotatable bonds is 10. The first kappa shape index (κ1) is 15.8.